The van der Waals surface area contributed by atoms with Crippen LogP contribution in [0, 0.1) is 0 Å². The van der Waals surface area contributed by atoms with Gasteiger partial charge in [0, 0.05) is 6.54 Å². The third-order valence-corrected chi connectivity index (χ3v) is 3.98. The number of fused-ring (bicyclic) bond motifs is 1. The van der Waals surface area contributed by atoms with Gasteiger partial charge in [0.25, 0.3) is 11.8 Å². The van der Waals surface area contributed by atoms with E-state index < -0.39 is 5.97 Å². The molecule has 5 heteroatoms. The molecule has 2 amide bonds. The van der Waals surface area contributed by atoms with Crippen LogP contribution < -0.4 is 0 Å². The van der Waals surface area contributed by atoms with E-state index in [0.717, 1.165) is 0 Å². The molecule has 0 unspecified atom stereocenters. The number of carbonyl (C=O) groups is 3. The molecule has 2 aromatic rings. The number of imide groups is 1. The third-order valence-electron chi connectivity index (χ3n) is 3.98. The zero-order valence-electron chi connectivity index (χ0n) is 13.6. The van der Waals surface area contributed by atoms with Crippen molar-refractivity contribution in [2.45, 2.75) is 6.42 Å². The van der Waals surface area contributed by atoms with Gasteiger partial charge in [-0.3, -0.25) is 14.5 Å². The predicted molar refractivity (Wildman–Crippen MR) is 92.3 cm³/mol. The highest BCUT2D eigenvalue weighted by Gasteiger charge is 2.34. The predicted octanol–water partition coefficient (Wildman–Crippen LogP) is 3.09. The third kappa shape index (κ3) is 3.50. The molecule has 0 saturated carbocycles. The quantitative estimate of drug-likeness (QED) is 0.462. The van der Waals surface area contributed by atoms with Crippen molar-refractivity contribution >= 4 is 17.8 Å². The molecule has 0 fully saturated rings. The fourth-order valence-electron chi connectivity index (χ4n) is 2.61. The number of ether oxygens (including phenoxy) is 1. The molecule has 0 radical (unpaired) electrons. The van der Waals surface area contributed by atoms with Crippen molar-refractivity contribution in [3.63, 3.8) is 0 Å². The van der Waals surface area contributed by atoms with Crippen molar-refractivity contribution < 1.29 is 19.1 Å². The fraction of sp³-hybridized carbons (Fsp3) is 0.150. The molecule has 5 nitrogen and oxygen atoms in total. The lowest BCUT2D eigenvalue weighted by atomic mass is 10.1. The summed E-state index contributed by atoms with van der Waals surface area (Å²) in [7, 11) is 0. The van der Waals surface area contributed by atoms with E-state index in [1.54, 1.807) is 48.5 Å². The van der Waals surface area contributed by atoms with Crippen LogP contribution in [0.5, 0.6) is 0 Å². The molecule has 0 N–H and O–H groups in total. The molecular formula is C20H17NO4. The Morgan fingerprint density at radius 3 is 2.08 bits per heavy atom. The fourth-order valence-corrected chi connectivity index (χ4v) is 2.61. The molecular weight excluding hydrogens is 318 g/mol. The molecule has 1 heterocycles. The topological polar surface area (TPSA) is 63.7 Å². The highest BCUT2D eigenvalue weighted by Crippen LogP contribution is 2.23. The van der Waals surface area contributed by atoms with Gasteiger partial charge in [-0.1, -0.05) is 36.9 Å². The van der Waals surface area contributed by atoms with Crippen molar-refractivity contribution in [2.75, 3.05) is 13.2 Å². The van der Waals surface area contributed by atoms with E-state index in [0.29, 0.717) is 28.7 Å². The van der Waals surface area contributed by atoms with Crippen LogP contribution in [0.2, 0.25) is 0 Å². The van der Waals surface area contributed by atoms with Crippen LogP contribution in [0.15, 0.2) is 66.7 Å². The minimum Gasteiger partial charge on any atom is -0.458 e. The number of carbonyl (C=O) groups excluding carboxylic acids is 3. The monoisotopic (exact) mass is 335 g/mol. The van der Waals surface area contributed by atoms with Crippen molar-refractivity contribution in [3.05, 3.63) is 83.4 Å². The second-order valence-electron chi connectivity index (χ2n) is 5.75. The van der Waals surface area contributed by atoms with Crippen molar-refractivity contribution in [2.24, 2.45) is 0 Å². The van der Waals surface area contributed by atoms with Crippen molar-refractivity contribution in [1.82, 2.24) is 4.90 Å². The summed E-state index contributed by atoms with van der Waals surface area (Å²) >= 11 is 0. The Bertz CT molecular complexity index is 807. The minimum absolute atomic E-state index is 0.0525. The Labute approximate surface area is 145 Å². The van der Waals surface area contributed by atoms with E-state index in [9.17, 15) is 14.4 Å². The lowest BCUT2D eigenvalue weighted by Crippen LogP contribution is -2.31. The lowest BCUT2D eigenvalue weighted by molar-refractivity contribution is 0.0529. The minimum atomic E-state index is -0.428. The van der Waals surface area contributed by atoms with Gasteiger partial charge in [-0.25, -0.2) is 4.79 Å². The van der Waals surface area contributed by atoms with E-state index in [-0.39, 0.29) is 25.0 Å². The van der Waals surface area contributed by atoms with Gasteiger partial charge in [0.2, 0.25) is 0 Å². The Morgan fingerprint density at radius 2 is 1.48 bits per heavy atom. The normalized spacial score (nSPS) is 12.9. The number of amides is 2. The van der Waals surface area contributed by atoms with E-state index in [1.165, 1.54) is 4.90 Å². The number of hydrogen-bond acceptors (Lipinski definition) is 4. The van der Waals surface area contributed by atoms with Crippen LogP contribution in [0.25, 0.3) is 0 Å². The smallest absolute Gasteiger partial charge is 0.338 e. The highest BCUT2D eigenvalue weighted by atomic mass is 16.5. The molecule has 1 aliphatic rings. The number of rotatable bonds is 6. The maximum atomic E-state index is 12.3. The molecule has 0 saturated heterocycles. The second-order valence-corrected chi connectivity index (χ2v) is 5.75. The van der Waals surface area contributed by atoms with Gasteiger partial charge in [0.15, 0.2) is 0 Å². The zero-order valence-corrected chi connectivity index (χ0v) is 13.6. The van der Waals surface area contributed by atoms with Gasteiger partial charge in [0.05, 0.1) is 16.7 Å². The van der Waals surface area contributed by atoms with Crippen LogP contribution in [0.4, 0.5) is 0 Å². The SMILES string of the molecule is C=C(CCN1C(=O)c2ccccc2C1=O)COC(=O)c1ccccc1. The van der Waals surface area contributed by atoms with Gasteiger partial charge < -0.3 is 4.74 Å². The van der Waals surface area contributed by atoms with Gasteiger partial charge in [-0.15, -0.1) is 0 Å². The Hall–Kier alpha value is -3.21. The van der Waals surface area contributed by atoms with Gasteiger partial charge in [-0.2, -0.15) is 0 Å². The van der Waals surface area contributed by atoms with Crippen molar-refractivity contribution in [3.8, 4) is 0 Å². The Morgan fingerprint density at radius 1 is 0.920 bits per heavy atom. The Kier molecular flexibility index (Phi) is 4.75. The first kappa shape index (κ1) is 16.6. The van der Waals surface area contributed by atoms with Crippen LogP contribution in [-0.4, -0.2) is 35.8 Å². The standard InChI is InChI=1S/C20H17NO4/c1-14(13-25-20(24)15-7-3-2-4-8-15)11-12-21-18(22)16-9-5-6-10-17(16)19(21)23/h2-10H,1,11-13H2. The second kappa shape index (κ2) is 7.13. The van der Waals surface area contributed by atoms with E-state index >= 15 is 0 Å². The summed E-state index contributed by atoms with van der Waals surface area (Å²) in [6.45, 7) is 4.12. The maximum absolute atomic E-state index is 12.3. The molecule has 0 aromatic heterocycles. The summed E-state index contributed by atoms with van der Waals surface area (Å²) in [5.74, 6) is -1.02. The summed E-state index contributed by atoms with van der Waals surface area (Å²) < 4.78 is 5.19. The molecule has 25 heavy (non-hydrogen) atoms. The molecule has 0 aliphatic carbocycles. The van der Waals surface area contributed by atoms with Crippen LogP contribution >= 0.6 is 0 Å². The van der Waals surface area contributed by atoms with Crippen molar-refractivity contribution in [1.29, 1.82) is 0 Å². The first-order chi connectivity index (χ1) is 12.1. The molecule has 3 rings (SSSR count). The summed E-state index contributed by atoms with van der Waals surface area (Å²) in [6.07, 6.45) is 0.382. The summed E-state index contributed by atoms with van der Waals surface area (Å²) in [6, 6.07) is 15.4. The summed E-state index contributed by atoms with van der Waals surface area (Å²) in [5, 5.41) is 0. The van der Waals surface area contributed by atoms with Crippen LogP contribution in [0.1, 0.15) is 37.5 Å². The first-order valence-electron chi connectivity index (χ1n) is 7.92. The molecule has 0 bridgehead atoms. The van der Waals surface area contributed by atoms with E-state index in [4.69, 9.17) is 4.74 Å². The molecule has 2 aromatic carbocycles. The van der Waals surface area contributed by atoms with Gasteiger partial charge in [-0.05, 0) is 36.3 Å². The largest absolute Gasteiger partial charge is 0.458 e. The molecule has 0 spiro atoms. The molecule has 1 aliphatic heterocycles. The average molecular weight is 335 g/mol. The number of hydrogen-bond donors (Lipinski definition) is 0. The van der Waals surface area contributed by atoms with Gasteiger partial charge >= 0.3 is 5.97 Å². The maximum Gasteiger partial charge on any atom is 0.338 e. The number of esters is 1. The molecule has 0 atom stereocenters. The van der Waals surface area contributed by atoms with Crippen LogP contribution in [-0.2, 0) is 4.74 Å². The molecule has 126 valence electrons. The van der Waals surface area contributed by atoms with E-state index in [2.05, 4.69) is 6.58 Å². The Balaban J connectivity index is 1.51. The highest BCUT2D eigenvalue weighted by molar-refractivity contribution is 6.21. The van der Waals surface area contributed by atoms with Crippen LogP contribution in [0.3, 0.4) is 0 Å². The van der Waals surface area contributed by atoms with E-state index in [1.807, 2.05) is 6.07 Å². The summed E-state index contributed by atoms with van der Waals surface area (Å²) in [5.41, 5.74) is 1.96. The number of benzene rings is 2. The van der Waals surface area contributed by atoms with Gasteiger partial charge in [0.1, 0.15) is 6.61 Å². The first-order valence-corrected chi connectivity index (χ1v) is 7.92. The lowest BCUT2D eigenvalue weighted by Gasteiger charge is -2.14. The number of nitrogens with zero attached hydrogens (tertiary/aromatic N) is 1. The summed E-state index contributed by atoms with van der Waals surface area (Å²) in [4.78, 5) is 37.6. The average Bonchev–Trinajstić information content (AvgIpc) is 2.89. The zero-order chi connectivity index (χ0) is 17.8.